The van der Waals surface area contributed by atoms with Gasteiger partial charge < -0.3 is 5.32 Å². The first kappa shape index (κ1) is 18.7. The molecule has 3 rings (SSSR count). The van der Waals surface area contributed by atoms with E-state index in [9.17, 15) is 22.8 Å². The third-order valence-electron chi connectivity index (χ3n) is 4.17. The van der Waals surface area contributed by atoms with Gasteiger partial charge in [0.1, 0.15) is 10.0 Å². The van der Waals surface area contributed by atoms with Crippen LogP contribution in [0, 0.1) is 5.92 Å². The van der Waals surface area contributed by atoms with E-state index in [0.29, 0.717) is 12.0 Å². The summed E-state index contributed by atoms with van der Waals surface area (Å²) in [4.78, 5) is 23.9. The summed E-state index contributed by atoms with van der Waals surface area (Å²) in [5.41, 5.74) is -0.682. The Kier molecular flexibility index (Phi) is 4.74. The molecule has 5 nitrogen and oxygen atoms in total. The molecular formula is C16H12Cl2F3N3O2. The predicted molar refractivity (Wildman–Crippen MR) is 90.4 cm³/mol. The molecule has 26 heavy (non-hydrogen) atoms. The van der Waals surface area contributed by atoms with Gasteiger partial charge >= 0.3 is 6.18 Å². The molecule has 0 spiro atoms. The third-order valence-corrected chi connectivity index (χ3v) is 4.98. The summed E-state index contributed by atoms with van der Waals surface area (Å²) >= 11 is 11.7. The number of rotatable bonds is 3. The molecule has 2 aromatic rings. The largest absolute Gasteiger partial charge is 0.416 e. The number of hydrogen-bond donors (Lipinski definition) is 1. The monoisotopic (exact) mass is 405 g/mol. The highest BCUT2D eigenvalue weighted by molar-refractivity contribution is 6.43. The van der Waals surface area contributed by atoms with Crippen LogP contribution in [0.4, 0.5) is 19.0 Å². The lowest BCUT2D eigenvalue weighted by Gasteiger charge is -2.09. The van der Waals surface area contributed by atoms with Crippen molar-refractivity contribution < 1.29 is 18.0 Å². The van der Waals surface area contributed by atoms with Gasteiger partial charge in [-0.25, -0.2) is 4.68 Å². The van der Waals surface area contributed by atoms with E-state index in [0.717, 1.165) is 16.8 Å². The summed E-state index contributed by atoms with van der Waals surface area (Å²) in [6.07, 6.45) is -3.90. The summed E-state index contributed by atoms with van der Waals surface area (Å²) < 4.78 is 38.7. The fourth-order valence-electron chi connectivity index (χ4n) is 2.64. The van der Waals surface area contributed by atoms with Crippen LogP contribution in [0.2, 0.25) is 10.0 Å². The first-order chi connectivity index (χ1) is 12.1. The average molecular weight is 406 g/mol. The van der Waals surface area contributed by atoms with E-state index in [4.69, 9.17) is 23.2 Å². The highest BCUT2D eigenvalue weighted by Crippen LogP contribution is 2.48. The number of nitrogens with one attached hydrogen (secondary N) is 1. The molecule has 1 saturated carbocycles. The molecule has 1 aromatic heterocycles. The Morgan fingerprint density at radius 2 is 1.85 bits per heavy atom. The Morgan fingerprint density at radius 3 is 2.42 bits per heavy atom. The van der Waals surface area contributed by atoms with Crippen LogP contribution in [-0.4, -0.2) is 15.7 Å². The van der Waals surface area contributed by atoms with Gasteiger partial charge in [0.25, 0.3) is 5.56 Å². The van der Waals surface area contributed by atoms with Gasteiger partial charge in [-0.2, -0.15) is 18.3 Å². The van der Waals surface area contributed by atoms with Crippen LogP contribution >= 0.6 is 23.2 Å². The van der Waals surface area contributed by atoms with Crippen molar-refractivity contribution in [2.24, 2.45) is 13.0 Å². The highest BCUT2D eigenvalue weighted by atomic mass is 35.5. The molecule has 1 aliphatic carbocycles. The van der Waals surface area contributed by atoms with Crippen LogP contribution in [0.1, 0.15) is 23.5 Å². The fraction of sp³-hybridized carbons (Fsp3) is 0.312. The number of alkyl halides is 3. The number of carbonyl (C=O) groups is 1. The minimum Gasteiger partial charge on any atom is -0.308 e. The SMILES string of the molecule is Cn1nc(NC(=O)[C@@H]2C[C@@H]2c2ccc(C(F)(F)F)cc2)c(Cl)c(Cl)c1=O. The van der Waals surface area contributed by atoms with E-state index in [2.05, 4.69) is 10.4 Å². The molecule has 0 radical (unpaired) electrons. The van der Waals surface area contributed by atoms with Crippen LogP contribution in [0.25, 0.3) is 0 Å². The van der Waals surface area contributed by atoms with E-state index in [1.807, 2.05) is 0 Å². The van der Waals surface area contributed by atoms with Crippen molar-refractivity contribution in [3.8, 4) is 0 Å². The summed E-state index contributed by atoms with van der Waals surface area (Å²) in [5.74, 6) is -1.03. The van der Waals surface area contributed by atoms with E-state index in [-0.39, 0.29) is 27.7 Å². The van der Waals surface area contributed by atoms with Gasteiger partial charge in [-0.3, -0.25) is 9.59 Å². The van der Waals surface area contributed by atoms with Crippen molar-refractivity contribution >= 4 is 34.9 Å². The van der Waals surface area contributed by atoms with Gasteiger partial charge in [-0.1, -0.05) is 35.3 Å². The highest BCUT2D eigenvalue weighted by Gasteiger charge is 2.44. The smallest absolute Gasteiger partial charge is 0.308 e. The van der Waals surface area contributed by atoms with Gasteiger partial charge in [-0.05, 0) is 30.0 Å². The lowest BCUT2D eigenvalue weighted by Crippen LogP contribution is -2.24. The number of carbonyl (C=O) groups excluding carboxylic acids is 1. The molecule has 1 N–H and O–H groups in total. The van der Waals surface area contributed by atoms with Crippen molar-refractivity contribution in [1.29, 1.82) is 0 Å². The van der Waals surface area contributed by atoms with Gasteiger partial charge in [0.05, 0.1) is 5.56 Å². The fourth-order valence-corrected chi connectivity index (χ4v) is 3.02. The molecule has 1 aromatic carbocycles. The summed E-state index contributed by atoms with van der Waals surface area (Å²) in [6, 6.07) is 4.73. The second kappa shape index (κ2) is 6.59. The first-order valence-electron chi connectivity index (χ1n) is 7.50. The third kappa shape index (κ3) is 3.57. The van der Waals surface area contributed by atoms with Crippen molar-refractivity contribution in [2.45, 2.75) is 18.5 Å². The molecule has 0 saturated heterocycles. The Labute approximate surface area is 155 Å². The Bertz CT molecular complexity index is 926. The molecule has 1 fully saturated rings. The van der Waals surface area contributed by atoms with Gasteiger partial charge in [-0.15, -0.1) is 0 Å². The lowest BCUT2D eigenvalue weighted by molar-refractivity contribution is -0.137. The van der Waals surface area contributed by atoms with Crippen molar-refractivity contribution in [3.05, 3.63) is 55.8 Å². The van der Waals surface area contributed by atoms with Crippen LogP contribution in [0.3, 0.4) is 0 Å². The number of nitrogens with zero attached hydrogens (tertiary/aromatic N) is 2. The maximum absolute atomic E-state index is 12.6. The van der Waals surface area contributed by atoms with Crippen LogP contribution in [-0.2, 0) is 18.0 Å². The topological polar surface area (TPSA) is 64.0 Å². The maximum atomic E-state index is 12.6. The molecule has 2 atom stereocenters. The standard InChI is InChI=1S/C16H12Cl2F3N3O2/c1-24-15(26)12(18)11(17)13(23-24)22-14(25)10-6-9(10)7-2-4-8(5-3-7)16(19,20)21/h2-5,9-10H,6H2,1H3,(H,22,23,25)/t9-,10-/m1/s1. The summed E-state index contributed by atoms with van der Waals surface area (Å²) in [6.45, 7) is 0. The zero-order valence-electron chi connectivity index (χ0n) is 13.3. The Hall–Kier alpha value is -2.06. The van der Waals surface area contributed by atoms with Gasteiger partial charge in [0, 0.05) is 13.0 Å². The first-order valence-corrected chi connectivity index (χ1v) is 8.25. The molecular weight excluding hydrogens is 394 g/mol. The molecule has 1 aliphatic rings. The number of hydrogen-bond acceptors (Lipinski definition) is 3. The number of amides is 1. The van der Waals surface area contributed by atoms with Crippen molar-refractivity contribution in [1.82, 2.24) is 9.78 Å². The van der Waals surface area contributed by atoms with Crippen LogP contribution in [0.5, 0.6) is 0 Å². The van der Waals surface area contributed by atoms with Crippen molar-refractivity contribution in [3.63, 3.8) is 0 Å². The molecule has 1 heterocycles. The van der Waals surface area contributed by atoms with Crippen LogP contribution in [0.15, 0.2) is 29.1 Å². The van der Waals surface area contributed by atoms with Crippen molar-refractivity contribution in [2.75, 3.05) is 5.32 Å². The zero-order valence-corrected chi connectivity index (χ0v) is 14.8. The van der Waals surface area contributed by atoms with E-state index >= 15 is 0 Å². The second-order valence-corrected chi connectivity index (χ2v) is 6.72. The lowest BCUT2D eigenvalue weighted by atomic mass is 10.1. The predicted octanol–water partition coefficient (Wildman–Crippen LogP) is 3.85. The molecule has 0 aliphatic heterocycles. The molecule has 0 bridgehead atoms. The Balaban J connectivity index is 1.71. The summed E-state index contributed by atoms with van der Waals surface area (Å²) in [5, 5.41) is 5.95. The Morgan fingerprint density at radius 1 is 1.23 bits per heavy atom. The van der Waals surface area contributed by atoms with E-state index in [1.54, 1.807) is 0 Å². The van der Waals surface area contributed by atoms with E-state index < -0.39 is 23.2 Å². The number of halogens is 5. The minimum absolute atomic E-state index is 0.0400. The average Bonchev–Trinajstić information content (AvgIpc) is 3.38. The van der Waals surface area contributed by atoms with E-state index in [1.165, 1.54) is 19.2 Å². The summed E-state index contributed by atoms with van der Waals surface area (Å²) in [7, 11) is 1.36. The zero-order chi connectivity index (χ0) is 19.2. The number of benzene rings is 1. The molecule has 10 heteroatoms. The number of aromatic nitrogens is 2. The number of aryl methyl sites for hydroxylation is 1. The van der Waals surface area contributed by atoms with Gasteiger partial charge in [0.2, 0.25) is 5.91 Å². The molecule has 138 valence electrons. The normalized spacial score (nSPS) is 19.3. The van der Waals surface area contributed by atoms with Gasteiger partial charge in [0.15, 0.2) is 5.82 Å². The quantitative estimate of drug-likeness (QED) is 0.843. The minimum atomic E-state index is -4.40. The van der Waals surface area contributed by atoms with Crippen LogP contribution < -0.4 is 10.9 Å². The molecule has 1 amide bonds. The maximum Gasteiger partial charge on any atom is 0.416 e. The molecule has 0 unspecified atom stereocenters. The number of anilines is 1. The second-order valence-electron chi connectivity index (χ2n) is 5.96.